The van der Waals surface area contributed by atoms with Gasteiger partial charge in [-0.15, -0.1) is 11.3 Å². The summed E-state index contributed by atoms with van der Waals surface area (Å²) in [7, 11) is 1.33. The SMILES string of the molecule is CCOC(=O)C1=C(C)N=c2sc(=Cc3ccc(-c4cccc(C(=O)OC)c4)o3)c(=O)n2C1c1cccs1. The summed E-state index contributed by atoms with van der Waals surface area (Å²) in [5.41, 5.74) is 1.72. The summed E-state index contributed by atoms with van der Waals surface area (Å²) in [4.78, 5) is 44.3. The van der Waals surface area contributed by atoms with Gasteiger partial charge in [-0.1, -0.05) is 29.5 Å². The summed E-state index contributed by atoms with van der Waals surface area (Å²) in [6.45, 7) is 3.72. The maximum atomic E-state index is 13.6. The van der Waals surface area contributed by atoms with Crippen LogP contribution < -0.4 is 14.9 Å². The molecule has 10 heteroatoms. The van der Waals surface area contributed by atoms with Crippen molar-refractivity contribution in [3.63, 3.8) is 0 Å². The smallest absolute Gasteiger partial charge is 0.338 e. The molecule has 37 heavy (non-hydrogen) atoms. The summed E-state index contributed by atoms with van der Waals surface area (Å²) in [5, 5.41) is 1.91. The molecule has 4 heterocycles. The lowest BCUT2D eigenvalue weighted by Gasteiger charge is -2.23. The second-order valence-electron chi connectivity index (χ2n) is 8.09. The number of allylic oxidation sites excluding steroid dienone is 1. The van der Waals surface area contributed by atoms with E-state index >= 15 is 0 Å². The van der Waals surface area contributed by atoms with Crippen LogP contribution in [-0.2, 0) is 14.3 Å². The van der Waals surface area contributed by atoms with Crippen molar-refractivity contribution < 1.29 is 23.5 Å². The van der Waals surface area contributed by atoms with Crippen molar-refractivity contribution in [3.8, 4) is 11.3 Å². The third-order valence-electron chi connectivity index (χ3n) is 5.80. The average Bonchev–Trinajstić information content (AvgIpc) is 3.65. The number of aromatic nitrogens is 1. The molecule has 0 bridgehead atoms. The quantitative estimate of drug-likeness (QED) is 0.348. The Morgan fingerprint density at radius 1 is 1.16 bits per heavy atom. The summed E-state index contributed by atoms with van der Waals surface area (Å²) < 4.78 is 18.0. The monoisotopic (exact) mass is 534 g/mol. The van der Waals surface area contributed by atoms with E-state index in [0.29, 0.717) is 43.3 Å². The number of carbonyl (C=O) groups excluding carboxylic acids is 2. The lowest BCUT2D eigenvalue weighted by molar-refractivity contribution is -0.139. The average molecular weight is 535 g/mol. The molecule has 1 aromatic carbocycles. The number of thiazole rings is 1. The Balaban J connectivity index is 1.58. The zero-order valence-corrected chi connectivity index (χ0v) is 21.9. The minimum absolute atomic E-state index is 0.223. The molecular formula is C27H22N2O6S2. The number of ether oxygens (including phenoxy) is 2. The van der Waals surface area contributed by atoms with E-state index < -0.39 is 18.0 Å². The molecule has 8 nitrogen and oxygen atoms in total. The third-order valence-corrected chi connectivity index (χ3v) is 7.71. The molecular weight excluding hydrogens is 512 g/mol. The van der Waals surface area contributed by atoms with Crippen LogP contribution in [0.1, 0.15) is 40.9 Å². The lowest BCUT2D eigenvalue weighted by atomic mass is 10.0. The van der Waals surface area contributed by atoms with Gasteiger partial charge < -0.3 is 13.9 Å². The van der Waals surface area contributed by atoms with E-state index in [0.717, 1.165) is 4.88 Å². The number of hydrogen-bond donors (Lipinski definition) is 0. The summed E-state index contributed by atoms with van der Waals surface area (Å²) in [6, 6.07) is 13.6. The molecule has 188 valence electrons. The van der Waals surface area contributed by atoms with Crippen LogP contribution in [0.5, 0.6) is 0 Å². The Kier molecular flexibility index (Phi) is 6.77. The fourth-order valence-corrected chi connectivity index (χ4v) is 5.99. The summed E-state index contributed by atoms with van der Waals surface area (Å²) in [6.07, 6.45) is 1.66. The Morgan fingerprint density at radius 3 is 2.73 bits per heavy atom. The highest BCUT2D eigenvalue weighted by Crippen LogP contribution is 2.33. The number of thiophene rings is 1. The van der Waals surface area contributed by atoms with Gasteiger partial charge in [0, 0.05) is 16.5 Å². The maximum Gasteiger partial charge on any atom is 0.338 e. The molecule has 1 aliphatic heterocycles. The van der Waals surface area contributed by atoms with Gasteiger partial charge in [0.25, 0.3) is 5.56 Å². The Hall–Kier alpha value is -4.02. The van der Waals surface area contributed by atoms with E-state index in [1.807, 2.05) is 23.6 Å². The van der Waals surface area contributed by atoms with Crippen molar-refractivity contribution >= 4 is 40.7 Å². The molecule has 5 rings (SSSR count). The second kappa shape index (κ2) is 10.2. The number of carbonyl (C=O) groups is 2. The zero-order valence-electron chi connectivity index (χ0n) is 20.2. The van der Waals surface area contributed by atoms with E-state index in [1.165, 1.54) is 29.8 Å². The van der Waals surface area contributed by atoms with E-state index in [1.54, 1.807) is 54.8 Å². The van der Waals surface area contributed by atoms with E-state index in [4.69, 9.17) is 13.9 Å². The van der Waals surface area contributed by atoms with E-state index in [2.05, 4.69) is 4.99 Å². The first-order valence-electron chi connectivity index (χ1n) is 11.4. The molecule has 0 fully saturated rings. The maximum absolute atomic E-state index is 13.6. The largest absolute Gasteiger partial charge is 0.465 e. The molecule has 1 atom stereocenters. The molecule has 0 saturated heterocycles. The second-order valence-corrected chi connectivity index (χ2v) is 10.1. The van der Waals surface area contributed by atoms with Gasteiger partial charge in [0.15, 0.2) is 4.80 Å². The third kappa shape index (κ3) is 4.61. The highest BCUT2D eigenvalue weighted by atomic mass is 32.1. The summed E-state index contributed by atoms with van der Waals surface area (Å²) in [5.74, 6) is 0.0910. The van der Waals surface area contributed by atoms with Gasteiger partial charge in [0.2, 0.25) is 0 Å². The normalized spacial score (nSPS) is 15.3. The number of nitrogens with zero attached hydrogens (tertiary/aromatic N) is 2. The highest BCUT2D eigenvalue weighted by molar-refractivity contribution is 7.10. The van der Waals surface area contributed by atoms with Crippen molar-refractivity contribution in [1.29, 1.82) is 0 Å². The van der Waals surface area contributed by atoms with E-state index in [-0.39, 0.29) is 12.2 Å². The molecule has 0 N–H and O–H groups in total. The topological polar surface area (TPSA) is 100 Å². The minimum atomic E-state index is -0.620. The van der Waals surface area contributed by atoms with E-state index in [9.17, 15) is 14.4 Å². The van der Waals surface area contributed by atoms with Gasteiger partial charge >= 0.3 is 11.9 Å². The molecule has 0 amide bonds. The molecule has 4 aromatic rings. The first-order valence-corrected chi connectivity index (χ1v) is 13.1. The van der Waals surface area contributed by atoms with Crippen LogP contribution in [0.15, 0.2) is 79.4 Å². The Bertz CT molecular complexity index is 1710. The fraction of sp³-hybridized carbons (Fsp3) is 0.185. The Morgan fingerprint density at radius 2 is 2.00 bits per heavy atom. The first kappa shape index (κ1) is 24.7. The number of benzene rings is 1. The number of fused-ring (bicyclic) bond motifs is 1. The predicted molar refractivity (Wildman–Crippen MR) is 140 cm³/mol. The van der Waals surface area contributed by atoms with Gasteiger partial charge in [0.1, 0.15) is 17.6 Å². The van der Waals surface area contributed by atoms with Crippen LogP contribution in [0.25, 0.3) is 17.4 Å². The van der Waals surface area contributed by atoms with Crippen molar-refractivity contribution in [2.75, 3.05) is 13.7 Å². The van der Waals surface area contributed by atoms with Crippen LogP contribution in [-0.4, -0.2) is 30.2 Å². The standard InChI is InChI=1S/C27H22N2O6S2/c1-4-34-26(32)22-15(2)28-27-29(23(22)20-9-6-12-36-20)24(30)21(37-27)14-18-10-11-19(35-18)16-7-5-8-17(13-16)25(31)33-3/h5-14,23H,4H2,1-3H3. The molecule has 1 aliphatic rings. The zero-order chi connectivity index (χ0) is 26.1. The number of methoxy groups -OCH3 is 1. The van der Waals surface area contributed by atoms with Crippen molar-refractivity contribution in [1.82, 2.24) is 4.57 Å². The Labute approximate surface area is 219 Å². The lowest BCUT2D eigenvalue weighted by Crippen LogP contribution is -2.39. The van der Waals surface area contributed by atoms with Gasteiger partial charge in [-0.2, -0.15) is 0 Å². The van der Waals surface area contributed by atoms with Gasteiger partial charge in [-0.05, 0) is 49.6 Å². The molecule has 0 radical (unpaired) electrons. The fourth-order valence-electron chi connectivity index (χ4n) is 4.14. The molecule has 0 saturated carbocycles. The van der Waals surface area contributed by atoms with Gasteiger partial charge in [0.05, 0.1) is 35.1 Å². The number of hydrogen-bond acceptors (Lipinski definition) is 9. The van der Waals surface area contributed by atoms with Crippen molar-refractivity contribution in [2.24, 2.45) is 4.99 Å². The van der Waals surface area contributed by atoms with Crippen LogP contribution in [0.4, 0.5) is 0 Å². The van der Waals surface area contributed by atoms with Crippen LogP contribution >= 0.6 is 22.7 Å². The van der Waals surface area contributed by atoms with Crippen molar-refractivity contribution in [2.45, 2.75) is 19.9 Å². The predicted octanol–water partition coefficient (Wildman–Crippen LogP) is 3.91. The highest BCUT2D eigenvalue weighted by Gasteiger charge is 2.33. The van der Waals surface area contributed by atoms with Crippen molar-refractivity contribution in [3.05, 3.63) is 101 Å². The van der Waals surface area contributed by atoms with Crippen LogP contribution in [0, 0.1) is 0 Å². The minimum Gasteiger partial charge on any atom is -0.465 e. The first-order chi connectivity index (χ1) is 17.9. The number of furan rings is 1. The molecule has 0 aliphatic carbocycles. The molecule has 1 unspecified atom stereocenters. The molecule has 3 aromatic heterocycles. The molecule has 0 spiro atoms. The number of esters is 2. The van der Waals surface area contributed by atoms with Gasteiger partial charge in [-0.3, -0.25) is 9.36 Å². The van der Waals surface area contributed by atoms with Gasteiger partial charge in [-0.25, -0.2) is 14.6 Å². The van der Waals surface area contributed by atoms with Crippen LogP contribution in [0.2, 0.25) is 0 Å². The summed E-state index contributed by atoms with van der Waals surface area (Å²) >= 11 is 2.69. The number of rotatable bonds is 6. The van der Waals surface area contributed by atoms with Crippen LogP contribution in [0.3, 0.4) is 0 Å².